The van der Waals surface area contributed by atoms with Gasteiger partial charge in [0.2, 0.25) is 0 Å². The van der Waals surface area contributed by atoms with E-state index < -0.39 is 0 Å². The van der Waals surface area contributed by atoms with Crippen LogP contribution >= 0.6 is 0 Å². The first-order chi connectivity index (χ1) is 16.2. The first kappa shape index (κ1) is 22.1. The van der Waals surface area contributed by atoms with Crippen molar-refractivity contribution in [3.63, 3.8) is 0 Å². The smallest absolute Gasteiger partial charge is 0.150 e. The highest BCUT2D eigenvalue weighted by Gasteiger charge is 2.25. The molecule has 0 aliphatic carbocycles. The molecule has 2 atom stereocenters. The summed E-state index contributed by atoms with van der Waals surface area (Å²) in [6, 6.07) is 6.61. The van der Waals surface area contributed by atoms with Crippen LogP contribution in [0.4, 0.5) is 11.5 Å². The lowest BCUT2D eigenvalue weighted by molar-refractivity contribution is -0.0383. The zero-order valence-corrected chi connectivity index (χ0v) is 19.9. The van der Waals surface area contributed by atoms with E-state index in [1.165, 1.54) is 5.69 Å². The van der Waals surface area contributed by atoms with Gasteiger partial charge in [-0.1, -0.05) is 6.92 Å². The predicted octanol–water partition coefficient (Wildman–Crippen LogP) is 4.26. The summed E-state index contributed by atoms with van der Waals surface area (Å²) in [6.07, 6.45) is 7.97. The van der Waals surface area contributed by atoms with E-state index in [4.69, 9.17) is 19.4 Å². The number of fused-ring (bicyclic) bond motifs is 1. The molecule has 2 aliphatic rings. The molecule has 2 aliphatic heterocycles. The molecule has 1 unspecified atom stereocenters. The van der Waals surface area contributed by atoms with Gasteiger partial charge in [0.05, 0.1) is 24.9 Å². The molecule has 0 N–H and O–H groups in total. The molecule has 0 aromatic carbocycles. The van der Waals surface area contributed by atoms with Crippen LogP contribution in [0.25, 0.3) is 22.3 Å². The monoisotopic (exact) mass is 450 g/mol. The third-order valence-electron chi connectivity index (χ3n) is 6.67. The standard InChI is InChI=1S/C25H34N6O2/c1-4-12-29(3)21-16-22(30-13-15-32-17-18(30)2)28-24-19(21)8-10-26-25(24)20-9-11-27-31(20)23-7-5-6-14-33-23/h8-11,16,18,23H,4-7,12-15,17H2,1-3H3/t18-,23?/m1/s1. The maximum absolute atomic E-state index is 6.05. The molecule has 0 saturated carbocycles. The quantitative estimate of drug-likeness (QED) is 0.556. The summed E-state index contributed by atoms with van der Waals surface area (Å²) in [5, 5.41) is 5.73. The highest BCUT2D eigenvalue weighted by molar-refractivity contribution is 6.00. The number of hydrogen-bond acceptors (Lipinski definition) is 7. The summed E-state index contributed by atoms with van der Waals surface area (Å²) in [7, 11) is 2.16. The van der Waals surface area contributed by atoms with Crippen LogP contribution in [0.15, 0.2) is 30.6 Å². The number of anilines is 2. The molecule has 0 radical (unpaired) electrons. The van der Waals surface area contributed by atoms with Crippen molar-refractivity contribution in [2.45, 2.75) is 51.8 Å². The zero-order valence-electron chi connectivity index (χ0n) is 19.9. The lowest BCUT2D eigenvalue weighted by atomic mass is 10.1. The Bertz CT molecular complexity index is 1090. The summed E-state index contributed by atoms with van der Waals surface area (Å²) < 4.78 is 13.7. The van der Waals surface area contributed by atoms with Crippen LogP contribution in [0.2, 0.25) is 0 Å². The Morgan fingerprint density at radius 2 is 2.09 bits per heavy atom. The van der Waals surface area contributed by atoms with Crippen LogP contribution in [0.5, 0.6) is 0 Å². The number of hydrogen-bond donors (Lipinski definition) is 0. The molecule has 3 aromatic heterocycles. The first-order valence-corrected chi connectivity index (χ1v) is 12.2. The second kappa shape index (κ2) is 9.65. The summed E-state index contributed by atoms with van der Waals surface area (Å²) in [6.45, 7) is 8.42. The van der Waals surface area contributed by atoms with Crippen LogP contribution in [-0.2, 0) is 9.47 Å². The van der Waals surface area contributed by atoms with Crippen LogP contribution in [0, 0.1) is 0 Å². The van der Waals surface area contributed by atoms with Gasteiger partial charge in [-0.3, -0.25) is 4.98 Å². The third-order valence-corrected chi connectivity index (χ3v) is 6.67. The fourth-order valence-corrected chi connectivity index (χ4v) is 4.94. The summed E-state index contributed by atoms with van der Waals surface area (Å²) in [4.78, 5) is 14.7. The van der Waals surface area contributed by atoms with Crippen LogP contribution in [0.3, 0.4) is 0 Å². The van der Waals surface area contributed by atoms with Gasteiger partial charge in [-0.2, -0.15) is 5.10 Å². The number of pyridine rings is 2. The number of nitrogens with zero attached hydrogens (tertiary/aromatic N) is 6. The van der Waals surface area contributed by atoms with E-state index in [1.807, 2.05) is 23.1 Å². The Hall–Kier alpha value is -2.71. The van der Waals surface area contributed by atoms with E-state index in [0.717, 1.165) is 80.1 Å². The number of rotatable bonds is 6. The Morgan fingerprint density at radius 3 is 2.88 bits per heavy atom. The van der Waals surface area contributed by atoms with Crippen LogP contribution < -0.4 is 9.80 Å². The summed E-state index contributed by atoms with van der Waals surface area (Å²) >= 11 is 0. The molecule has 2 fully saturated rings. The molecular weight excluding hydrogens is 416 g/mol. The van der Waals surface area contributed by atoms with E-state index in [0.29, 0.717) is 6.61 Å². The van der Waals surface area contributed by atoms with Crippen molar-refractivity contribution in [2.75, 3.05) is 49.8 Å². The van der Waals surface area contributed by atoms with Gasteiger partial charge in [-0.05, 0) is 44.7 Å². The minimum Gasteiger partial charge on any atom is -0.377 e. The molecule has 2 saturated heterocycles. The molecule has 176 valence electrons. The fraction of sp³-hybridized carbons (Fsp3) is 0.560. The Morgan fingerprint density at radius 1 is 1.18 bits per heavy atom. The summed E-state index contributed by atoms with van der Waals surface area (Å²) in [5.41, 5.74) is 3.90. The van der Waals surface area contributed by atoms with Gasteiger partial charge in [0.15, 0.2) is 6.23 Å². The van der Waals surface area contributed by atoms with Gasteiger partial charge in [0, 0.05) is 56.3 Å². The highest BCUT2D eigenvalue weighted by atomic mass is 16.5. The van der Waals surface area contributed by atoms with E-state index in [2.05, 4.69) is 47.9 Å². The molecule has 8 nitrogen and oxygen atoms in total. The SMILES string of the molecule is CCCN(C)c1cc(N2CCOC[C@H]2C)nc2c(-c3ccnn3C3CCCCO3)nccc12. The maximum Gasteiger partial charge on any atom is 0.150 e. The van der Waals surface area contributed by atoms with Crippen molar-refractivity contribution in [3.05, 3.63) is 30.6 Å². The van der Waals surface area contributed by atoms with Gasteiger partial charge < -0.3 is 19.3 Å². The fourth-order valence-electron chi connectivity index (χ4n) is 4.94. The molecule has 33 heavy (non-hydrogen) atoms. The van der Waals surface area contributed by atoms with Crippen molar-refractivity contribution in [1.29, 1.82) is 0 Å². The molecule has 3 aromatic rings. The normalized spacial score (nSPS) is 21.5. The number of morpholine rings is 1. The largest absolute Gasteiger partial charge is 0.377 e. The topological polar surface area (TPSA) is 68.5 Å². The third kappa shape index (κ3) is 4.29. The van der Waals surface area contributed by atoms with E-state index in [-0.39, 0.29) is 12.3 Å². The maximum atomic E-state index is 6.05. The van der Waals surface area contributed by atoms with Crippen LogP contribution in [0.1, 0.15) is 45.8 Å². The molecule has 5 heterocycles. The minimum absolute atomic E-state index is 0.0505. The predicted molar refractivity (Wildman–Crippen MR) is 131 cm³/mol. The molecule has 0 bridgehead atoms. The second-order valence-electron chi connectivity index (χ2n) is 9.08. The van der Waals surface area contributed by atoms with Crippen LogP contribution in [-0.4, -0.2) is 65.7 Å². The van der Waals surface area contributed by atoms with E-state index >= 15 is 0 Å². The van der Waals surface area contributed by atoms with Gasteiger partial charge in [-0.15, -0.1) is 0 Å². The average molecular weight is 451 g/mol. The average Bonchev–Trinajstić information content (AvgIpc) is 3.34. The van der Waals surface area contributed by atoms with Gasteiger partial charge in [0.1, 0.15) is 17.0 Å². The highest BCUT2D eigenvalue weighted by Crippen LogP contribution is 2.36. The van der Waals surface area contributed by atoms with Gasteiger partial charge in [0.25, 0.3) is 0 Å². The Kier molecular flexibility index (Phi) is 6.46. The lowest BCUT2D eigenvalue weighted by Gasteiger charge is -2.35. The Labute approximate surface area is 195 Å². The van der Waals surface area contributed by atoms with Gasteiger partial charge >= 0.3 is 0 Å². The molecule has 5 rings (SSSR count). The van der Waals surface area contributed by atoms with E-state index in [9.17, 15) is 0 Å². The first-order valence-electron chi connectivity index (χ1n) is 12.2. The van der Waals surface area contributed by atoms with Crippen molar-refractivity contribution < 1.29 is 9.47 Å². The second-order valence-corrected chi connectivity index (χ2v) is 9.08. The zero-order chi connectivity index (χ0) is 22.8. The molecule has 8 heteroatoms. The molecular formula is C25H34N6O2. The van der Waals surface area contributed by atoms with Crippen molar-refractivity contribution >= 4 is 22.4 Å². The number of ether oxygens (including phenoxy) is 2. The summed E-state index contributed by atoms with van der Waals surface area (Å²) in [5.74, 6) is 0.977. The minimum atomic E-state index is -0.0505. The lowest BCUT2D eigenvalue weighted by Crippen LogP contribution is -2.44. The van der Waals surface area contributed by atoms with E-state index in [1.54, 1.807) is 0 Å². The molecule has 0 amide bonds. The number of aromatic nitrogens is 4. The molecule has 0 spiro atoms. The van der Waals surface area contributed by atoms with Crippen molar-refractivity contribution in [1.82, 2.24) is 19.7 Å². The van der Waals surface area contributed by atoms with Gasteiger partial charge in [-0.25, -0.2) is 9.67 Å². The Balaban J connectivity index is 1.67. The van der Waals surface area contributed by atoms with Crippen molar-refractivity contribution in [3.8, 4) is 11.4 Å². The van der Waals surface area contributed by atoms with Crippen molar-refractivity contribution in [2.24, 2.45) is 0 Å².